The summed E-state index contributed by atoms with van der Waals surface area (Å²) in [6.07, 6.45) is 6.81. The number of rotatable bonds is 4. The molecule has 0 aliphatic carbocycles. The Balaban J connectivity index is 1.97. The van der Waals surface area contributed by atoms with Crippen LogP contribution in [0.4, 0.5) is 8.78 Å². The van der Waals surface area contributed by atoms with E-state index < -0.39 is 17.7 Å². The second kappa shape index (κ2) is 5.55. The third kappa shape index (κ3) is 2.48. The normalized spacial score (nSPS) is 12.7. The molecule has 0 amide bonds. The first kappa shape index (κ1) is 13.6. The topological polar surface area (TPSA) is 68.2 Å². The lowest BCUT2D eigenvalue weighted by atomic mass is 10.0. The molecule has 0 bridgehead atoms. The van der Waals surface area contributed by atoms with Crippen LogP contribution < -0.4 is 11.3 Å². The number of nitrogens with zero attached hydrogens (tertiary/aromatic N) is 3. The number of benzene rings is 1. The van der Waals surface area contributed by atoms with Crippen molar-refractivity contribution in [2.75, 3.05) is 0 Å². The van der Waals surface area contributed by atoms with E-state index in [1.165, 1.54) is 12.1 Å². The van der Waals surface area contributed by atoms with Gasteiger partial charge in [-0.2, -0.15) is 5.10 Å². The van der Waals surface area contributed by atoms with Crippen LogP contribution in [-0.4, -0.2) is 14.6 Å². The Morgan fingerprint density at radius 3 is 2.95 bits per heavy atom. The smallest absolute Gasteiger partial charge is 0.162 e. The van der Waals surface area contributed by atoms with E-state index in [1.807, 2.05) is 0 Å². The Morgan fingerprint density at radius 2 is 2.14 bits per heavy atom. The molecule has 21 heavy (non-hydrogen) atoms. The van der Waals surface area contributed by atoms with Crippen LogP contribution in [0.1, 0.15) is 17.2 Å². The molecule has 3 N–H and O–H groups in total. The molecule has 1 aromatic carbocycles. The minimum absolute atomic E-state index is 0.205. The van der Waals surface area contributed by atoms with Gasteiger partial charge in [0.1, 0.15) is 0 Å². The molecule has 7 heteroatoms. The summed E-state index contributed by atoms with van der Waals surface area (Å²) < 4.78 is 28.7. The summed E-state index contributed by atoms with van der Waals surface area (Å²) in [5.41, 5.74) is 4.41. The van der Waals surface area contributed by atoms with Crippen molar-refractivity contribution in [1.82, 2.24) is 20.0 Å². The van der Waals surface area contributed by atoms with Crippen molar-refractivity contribution >= 4 is 5.52 Å². The molecule has 108 valence electrons. The maximum absolute atomic E-state index is 13.8. The van der Waals surface area contributed by atoms with Crippen LogP contribution >= 0.6 is 0 Å². The highest BCUT2D eigenvalue weighted by molar-refractivity contribution is 5.53. The lowest BCUT2D eigenvalue weighted by Gasteiger charge is -2.15. The van der Waals surface area contributed by atoms with Crippen LogP contribution in [0.5, 0.6) is 0 Å². The minimum Gasteiger partial charge on any atom is -0.271 e. The van der Waals surface area contributed by atoms with Gasteiger partial charge in [-0.25, -0.2) is 13.3 Å². The van der Waals surface area contributed by atoms with Gasteiger partial charge in [-0.05, 0) is 18.1 Å². The highest BCUT2D eigenvalue weighted by Gasteiger charge is 2.18. The molecule has 0 aliphatic rings. The van der Waals surface area contributed by atoms with Crippen LogP contribution in [0.25, 0.3) is 5.52 Å². The number of nitrogens with two attached hydrogens (primary N) is 1. The van der Waals surface area contributed by atoms with Crippen molar-refractivity contribution in [2.45, 2.75) is 12.5 Å². The zero-order valence-corrected chi connectivity index (χ0v) is 11.0. The van der Waals surface area contributed by atoms with Gasteiger partial charge in [0, 0.05) is 18.0 Å². The minimum atomic E-state index is -0.871. The van der Waals surface area contributed by atoms with Crippen molar-refractivity contribution < 1.29 is 8.78 Å². The van der Waals surface area contributed by atoms with Gasteiger partial charge < -0.3 is 0 Å². The van der Waals surface area contributed by atoms with Crippen molar-refractivity contribution in [3.8, 4) is 0 Å². The third-order valence-corrected chi connectivity index (χ3v) is 3.39. The molecule has 0 aliphatic heterocycles. The van der Waals surface area contributed by atoms with E-state index in [9.17, 15) is 8.78 Å². The second-order valence-corrected chi connectivity index (χ2v) is 4.64. The molecule has 3 rings (SSSR count). The van der Waals surface area contributed by atoms with Crippen LogP contribution in [0, 0.1) is 11.6 Å². The number of nitrogens with one attached hydrogen (secondary N) is 1. The van der Waals surface area contributed by atoms with Gasteiger partial charge in [-0.3, -0.25) is 16.3 Å². The second-order valence-electron chi connectivity index (χ2n) is 4.64. The summed E-state index contributed by atoms with van der Waals surface area (Å²) >= 11 is 0. The van der Waals surface area contributed by atoms with Gasteiger partial charge in [0.2, 0.25) is 0 Å². The Morgan fingerprint density at radius 1 is 1.29 bits per heavy atom. The number of hydrogen-bond donors (Lipinski definition) is 2. The van der Waals surface area contributed by atoms with Crippen molar-refractivity contribution in [3.63, 3.8) is 0 Å². The first-order valence-electron chi connectivity index (χ1n) is 6.37. The van der Waals surface area contributed by atoms with Crippen molar-refractivity contribution in [3.05, 3.63) is 65.7 Å². The van der Waals surface area contributed by atoms with E-state index >= 15 is 0 Å². The van der Waals surface area contributed by atoms with E-state index in [0.717, 1.165) is 17.1 Å². The van der Waals surface area contributed by atoms with Crippen LogP contribution in [-0.2, 0) is 6.42 Å². The zero-order valence-electron chi connectivity index (χ0n) is 11.0. The molecule has 2 heterocycles. The molecule has 0 saturated heterocycles. The Labute approximate surface area is 119 Å². The van der Waals surface area contributed by atoms with E-state index in [4.69, 9.17) is 5.84 Å². The fourth-order valence-electron chi connectivity index (χ4n) is 2.31. The van der Waals surface area contributed by atoms with Gasteiger partial charge in [-0.1, -0.05) is 12.1 Å². The number of halogens is 2. The Kier molecular flexibility index (Phi) is 3.59. The maximum Gasteiger partial charge on any atom is 0.162 e. The van der Waals surface area contributed by atoms with E-state index in [0.29, 0.717) is 0 Å². The number of fused-ring (bicyclic) bond motifs is 1. The molecule has 0 radical (unpaired) electrons. The fourth-order valence-corrected chi connectivity index (χ4v) is 2.31. The van der Waals surface area contributed by atoms with Gasteiger partial charge in [0.15, 0.2) is 11.6 Å². The van der Waals surface area contributed by atoms with E-state index in [1.54, 1.807) is 29.3 Å². The lowest BCUT2D eigenvalue weighted by molar-refractivity contribution is 0.482. The molecule has 0 spiro atoms. The highest BCUT2D eigenvalue weighted by atomic mass is 19.2. The quantitative estimate of drug-likeness (QED) is 0.567. The molecule has 3 aromatic rings. The molecular weight excluding hydrogens is 276 g/mol. The summed E-state index contributed by atoms with van der Waals surface area (Å²) in [4.78, 5) is 4.04. The molecule has 5 nitrogen and oxygen atoms in total. The zero-order chi connectivity index (χ0) is 14.8. The summed E-state index contributed by atoms with van der Waals surface area (Å²) in [6.45, 7) is 0. The first-order chi connectivity index (χ1) is 10.2. The Hall–Kier alpha value is -2.38. The lowest BCUT2D eigenvalue weighted by Crippen LogP contribution is -2.29. The van der Waals surface area contributed by atoms with Gasteiger partial charge in [0.25, 0.3) is 0 Å². The third-order valence-electron chi connectivity index (χ3n) is 3.39. The average Bonchev–Trinajstić information content (AvgIpc) is 2.93. The van der Waals surface area contributed by atoms with Gasteiger partial charge in [0.05, 0.1) is 24.0 Å². The molecule has 2 aromatic heterocycles. The predicted molar refractivity (Wildman–Crippen MR) is 73.1 cm³/mol. The molecule has 1 atom stereocenters. The summed E-state index contributed by atoms with van der Waals surface area (Å²) in [5.74, 6) is 3.84. The summed E-state index contributed by atoms with van der Waals surface area (Å²) in [6, 6.07) is 3.69. The molecular formula is C14H13F2N5. The summed E-state index contributed by atoms with van der Waals surface area (Å²) in [5, 5.41) is 4.18. The van der Waals surface area contributed by atoms with Gasteiger partial charge >= 0.3 is 0 Å². The standard InChI is InChI=1S/C14H13F2N5/c15-11-3-1-2-9(14(11)16)6-12(20-17)10-7-19-21-5-4-18-8-13(10)21/h1-5,7-8,12,20H,6,17H2. The van der Waals surface area contributed by atoms with E-state index in [-0.39, 0.29) is 12.0 Å². The van der Waals surface area contributed by atoms with Crippen molar-refractivity contribution in [1.29, 1.82) is 0 Å². The molecule has 1 unspecified atom stereocenters. The molecule has 0 fully saturated rings. The molecule has 0 saturated carbocycles. The first-order valence-corrected chi connectivity index (χ1v) is 6.37. The Bertz CT molecular complexity index is 771. The number of hydrogen-bond acceptors (Lipinski definition) is 4. The fraction of sp³-hybridized carbons (Fsp3) is 0.143. The maximum atomic E-state index is 13.8. The SMILES string of the molecule is NNC(Cc1cccc(F)c1F)c1cnn2ccncc12. The largest absolute Gasteiger partial charge is 0.271 e. The van der Waals surface area contributed by atoms with Crippen molar-refractivity contribution in [2.24, 2.45) is 5.84 Å². The average molecular weight is 289 g/mol. The highest BCUT2D eigenvalue weighted by Crippen LogP contribution is 2.23. The predicted octanol–water partition coefficient (Wildman–Crippen LogP) is 1.75. The van der Waals surface area contributed by atoms with Gasteiger partial charge in [-0.15, -0.1) is 0 Å². The summed E-state index contributed by atoms with van der Waals surface area (Å²) in [7, 11) is 0. The number of aromatic nitrogens is 3. The monoisotopic (exact) mass is 289 g/mol. The van der Waals surface area contributed by atoms with Crippen LogP contribution in [0.15, 0.2) is 43.0 Å². The van der Waals surface area contributed by atoms with Crippen LogP contribution in [0.3, 0.4) is 0 Å². The number of hydrazine groups is 1. The van der Waals surface area contributed by atoms with E-state index in [2.05, 4.69) is 15.5 Å². The van der Waals surface area contributed by atoms with Crippen LogP contribution in [0.2, 0.25) is 0 Å².